The molecule has 0 saturated carbocycles. The normalized spacial score (nSPS) is 18.5. The average molecular weight is 302 g/mol. The fourth-order valence-electron chi connectivity index (χ4n) is 3.35. The summed E-state index contributed by atoms with van der Waals surface area (Å²) >= 11 is 0. The zero-order valence-electron chi connectivity index (χ0n) is 13.6. The molecule has 0 aromatic heterocycles. The molecular formula is C17H26N4O. The Hall–Kier alpha value is -1.59. The van der Waals surface area contributed by atoms with Crippen molar-refractivity contribution in [1.29, 1.82) is 0 Å². The molecule has 1 saturated heterocycles. The van der Waals surface area contributed by atoms with E-state index in [-0.39, 0.29) is 5.91 Å². The molecule has 0 spiro atoms. The molecule has 1 aromatic rings. The van der Waals surface area contributed by atoms with Crippen LogP contribution in [0, 0.1) is 0 Å². The first-order valence-corrected chi connectivity index (χ1v) is 8.14. The van der Waals surface area contributed by atoms with Crippen LogP contribution in [0.2, 0.25) is 0 Å². The Bertz CT molecular complexity index is 537. The molecule has 1 aromatic carbocycles. The van der Waals surface area contributed by atoms with Gasteiger partial charge in [0.05, 0.1) is 6.54 Å². The van der Waals surface area contributed by atoms with Gasteiger partial charge in [0.25, 0.3) is 0 Å². The second-order valence-electron chi connectivity index (χ2n) is 6.45. The van der Waals surface area contributed by atoms with E-state index in [4.69, 9.17) is 0 Å². The minimum absolute atomic E-state index is 0.228. The lowest BCUT2D eigenvalue weighted by molar-refractivity contribution is -0.132. The maximum atomic E-state index is 12.4. The Morgan fingerprint density at radius 2 is 2.00 bits per heavy atom. The third kappa shape index (κ3) is 3.25. The lowest BCUT2D eigenvalue weighted by Crippen LogP contribution is -2.45. The molecule has 3 rings (SSSR count). The standard InChI is InChI=1S/C17H26N4O/c1-19(2)13-17(22)21-9-6-14-4-3-5-16(15(14)12-21)20-10-7-18-8-11-20/h3-5,18H,6-13H2,1-2H3. The molecule has 2 heterocycles. The van der Waals surface area contributed by atoms with E-state index in [0.717, 1.165) is 45.7 Å². The van der Waals surface area contributed by atoms with Crippen molar-refractivity contribution in [2.24, 2.45) is 0 Å². The van der Waals surface area contributed by atoms with Crippen LogP contribution in [0.25, 0.3) is 0 Å². The van der Waals surface area contributed by atoms with Crippen LogP contribution >= 0.6 is 0 Å². The van der Waals surface area contributed by atoms with Gasteiger partial charge in [0.1, 0.15) is 0 Å². The molecule has 2 aliphatic heterocycles. The number of rotatable bonds is 3. The summed E-state index contributed by atoms with van der Waals surface area (Å²) in [5, 5.41) is 3.40. The van der Waals surface area contributed by atoms with Crippen molar-refractivity contribution in [3.63, 3.8) is 0 Å². The van der Waals surface area contributed by atoms with Gasteiger partial charge in [-0.2, -0.15) is 0 Å². The van der Waals surface area contributed by atoms with E-state index in [9.17, 15) is 4.79 Å². The van der Waals surface area contributed by atoms with Gasteiger partial charge in [-0.15, -0.1) is 0 Å². The molecule has 2 aliphatic rings. The van der Waals surface area contributed by atoms with E-state index in [1.807, 2.05) is 23.9 Å². The van der Waals surface area contributed by atoms with Crippen LogP contribution in [0.1, 0.15) is 11.1 Å². The molecule has 120 valence electrons. The Kier molecular flexibility index (Phi) is 4.64. The number of nitrogens with zero attached hydrogens (tertiary/aromatic N) is 3. The number of piperazine rings is 1. The van der Waals surface area contributed by atoms with Gasteiger partial charge in [-0.3, -0.25) is 4.79 Å². The quantitative estimate of drug-likeness (QED) is 0.885. The first-order chi connectivity index (χ1) is 10.6. The van der Waals surface area contributed by atoms with Crippen LogP contribution in [0.5, 0.6) is 0 Å². The van der Waals surface area contributed by atoms with Crippen molar-refractivity contribution in [2.45, 2.75) is 13.0 Å². The highest BCUT2D eigenvalue weighted by Crippen LogP contribution is 2.29. The van der Waals surface area contributed by atoms with Crippen LogP contribution < -0.4 is 10.2 Å². The zero-order chi connectivity index (χ0) is 15.5. The number of carbonyl (C=O) groups is 1. The van der Waals surface area contributed by atoms with Gasteiger partial charge < -0.3 is 20.0 Å². The maximum absolute atomic E-state index is 12.4. The Labute approximate surface area is 132 Å². The molecule has 1 N–H and O–H groups in total. The molecule has 0 radical (unpaired) electrons. The lowest BCUT2D eigenvalue weighted by atomic mass is 9.97. The lowest BCUT2D eigenvalue weighted by Gasteiger charge is -2.36. The number of amides is 1. The Morgan fingerprint density at radius 3 is 2.73 bits per heavy atom. The predicted molar refractivity (Wildman–Crippen MR) is 89.2 cm³/mol. The van der Waals surface area contributed by atoms with Crippen LogP contribution in [-0.2, 0) is 17.8 Å². The molecular weight excluding hydrogens is 276 g/mol. The second kappa shape index (κ2) is 6.67. The minimum atomic E-state index is 0.228. The van der Waals surface area contributed by atoms with Crippen molar-refractivity contribution in [3.05, 3.63) is 29.3 Å². The summed E-state index contributed by atoms with van der Waals surface area (Å²) < 4.78 is 0. The molecule has 1 amide bonds. The number of carbonyl (C=O) groups excluding carboxylic acids is 1. The van der Waals surface area contributed by atoms with Crippen molar-refractivity contribution in [2.75, 3.05) is 58.3 Å². The number of benzene rings is 1. The number of fused-ring (bicyclic) bond motifs is 1. The van der Waals surface area contributed by atoms with Crippen LogP contribution in [0.4, 0.5) is 5.69 Å². The molecule has 5 nitrogen and oxygen atoms in total. The molecule has 0 unspecified atom stereocenters. The van der Waals surface area contributed by atoms with E-state index in [1.54, 1.807) is 0 Å². The van der Waals surface area contributed by atoms with Gasteiger partial charge in [0.15, 0.2) is 0 Å². The number of anilines is 1. The minimum Gasteiger partial charge on any atom is -0.369 e. The van der Waals surface area contributed by atoms with Crippen molar-refractivity contribution in [3.8, 4) is 0 Å². The molecule has 0 atom stereocenters. The summed E-state index contributed by atoms with van der Waals surface area (Å²) in [6.45, 7) is 6.24. The number of likely N-dealkylation sites (N-methyl/N-ethyl adjacent to an activating group) is 1. The highest BCUT2D eigenvalue weighted by Gasteiger charge is 2.25. The molecule has 0 bridgehead atoms. The average Bonchev–Trinajstić information content (AvgIpc) is 2.54. The summed E-state index contributed by atoms with van der Waals surface area (Å²) in [7, 11) is 3.89. The Balaban J connectivity index is 1.81. The zero-order valence-corrected chi connectivity index (χ0v) is 13.6. The van der Waals surface area contributed by atoms with Gasteiger partial charge in [-0.1, -0.05) is 12.1 Å². The van der Waals surface area contributed by atoms with E-state index < -0.39 is 0 Å². The summed E-state index contributed by atoms with van der Waals surface area (Å²) in [5.41, 5.74) is 4.08. The number of hydrogen-bond acceptors (Lipinski definition) is 4. The predicted octanol–water partition coefficient (Wildman–Crippen LogP) is 0.543. The number of hydrogen-bond donors (Lipinski definition) is 1. The molecule has 1 fully saturated rings. The summed E-state index contributed by atoms with van der Waals surface area (Å²) in [6.07, 6.45) is 0.967. The van der Waals surface area contributed by atoms with Gasteiger partial charge in [0.2, 0.25) is 5.91 Å². The van der Waals surface area contributed by atoms with Gasteiger partial charge in [0, 0.05) is 45.0 Å². The van der Waals surface area contributed by atoms with Gasteiger partial charge >= 0.3 is 0 Å². The fraction of sp³-hybridized carbons (Fsp3) is 0.588. The Morgan fingerprint density at radius 1 is 1.23 bits per heavy atom. The van der Waals surface area contributed by atoms with E-state index in [1.165, 1.54) is 16.8 Å². The van der Waals surface area contributed by atoms with E-state index in [0.29, 0.717) is 6.54 Å². The second-order valence-corrected chi connectivity index (χ2v) is 6.45. The highest BCUT2D eigenvalue weighted by atomic mass is 16.2. The summed E-state index contributed by atoms with van der Waals surface area (Å²) in [4.78, 5) is 18.8. The van der Waals surface area contributed by atoms with Gasteiger partial charge in [-0.25, -0.2) is 0 Å². The molecule has 5 heteroatoms. The third-order valence-electron chi connectivity index (χ3n) is 4.51. The molecule has 0 aliphatic carbocycles. The fourth-order valence-corrected chi connectivity index (χ4v) is 3.35. The molecule has 22 heavy (non-hydrogen) atoms. The highest BCUT2D eigenvalue weighted by molar-refractivity contribution is 5.79. The van der Waals surface area contributed by atoms with Crippen molar-refractivity contribution < 1.29 is 4.79 Å². The van der Waals surface area contributed by atoms with Crippen LogP contribution in [-0.4, -0.2) is 69.1 Å². The largest absolute Gasteiger partial charge is 0.369 e. The SMILES string of the molecule is CN(C)CC(=O)N1CCc2cccc(N3CCNCC3)c2C1. The first kappa shape index (κ1) is 15.3. The number of nitrogens with one attached hydrogen (secondary N) is 1. The summed E-state index contributed by atoms with van der Waals surface area (Å²) in [5.74, 6) is 0.228. The van der Waals surface area contributed by atoms with Crippen LogP contribution in [0.15, 0.2) is 18.2 Å². The third-order valence-corrected chi connectivity index (χ3v) is 4.51. The van der Waals surface area contributed by atoms with E-state index >= 15 is 0 Å². The van der Waals surface area contributed by atoms with E-state index in [2.05, 4.69) is 28.4 Å². The van der Waals surface area contributed by atoms with Gasteiger partial charge in [-0.05, 0) is 37.7 Å². The van der Waals surface area contributed by atoms with Crippen molar-refractivity contribution in [1.82, 2.24) is 15.1 Å². The topological polar surface area (TPSA) is 38.8 Å². The van der Waals surface area contributed by atoms with Crippen LogP contribution in [0.3, 0.4) is 0 Å². The van der Waals surface area contributed by atoms with Crippen molar-refractivity contribution >= 4 is 11.6 Å². The smallest absolute Gasteiger partial charge is 0.237 e. The monoisotopic (exact) mass is 302 g/mol. The first-order valence-electron chi connectivity index (χ1n) is 8.14. The maximum Gasteiger partial charge on any atom is 0.237 e. The summed E-state index contributed by atoms with van der Waals surface area (Å²) in [6, 6.07) is 6.59.